The second-order valence-electron chi connectivity index (χ2n) is 9.72. The van der Waals surface area contributed by atoms with Crippen molar-refractivity contribution in [2.45, 2.75) is 98.7 Å². The van der Waals surface area contributed by atoms with Crippen molar-refractivity contribution in [1.82, 2.24) is 0 Å². The van der Waals surface area contributed by atoms with Gasteiger partial charge in [0.1, 0.15) is 54.9 Å². The molecule has 3 fully saturated rings. The lowest BCUT2D eigenvalue weighted by molar-refractivity contribution is -0.264. The lowest BCUT2D eigenvalue weighted by atomic mass is 9.93. The third kappa shape index (κ3) is 7.28. The van der Waals surface area contributed by atoms with Gasteiger partial charge in [-0.25, -0.2) is 4.79 Å². The van der Waals surface area contributed by atoms with Gasteiger partial charge in [0.25, 0.3) is 0 Å². The molecule has 3 saturated heterocycles. The molecule has 0 bridgehead atoms. The van der Waals surface area contributed by atoms with E-state index in [4.69, 9.17) is 33.5 Å². The molecular formula is C22H34O19. The van der Waals surface area contributed by atoms with E-state index < -0.39 is 136 Å². The van der Waals surface area contributed by atoms with Crippen LogP contribution in [0.1, 0.15) is 19.3 Å². The van der Waals surface area contributed by atoms with Crippen LogP contribution in [0.4, 0.5) is 0 Å². The Kier molecular flexibility index (Phi) is 11.3. The fourth-order valence-electron chi connectivity index (χ4n) is 4.71. The maximum Gasteiger partial charge on any atom is 0.336 e. The van der Waals surface area contributed by atoms with Crippen molar-refractivity contribution in [3.8, 4) is 0 Å². The monoisotopic (exact) mass is 602 g/mol. The zero-order valence-electron chi connectivity index (χ0n) is 21.3. The zero-order chi connectivity index (χ0) is 30.6. The van der Waals surface area contributed by atoms with Gasteiger partial charge in [-0.1, -0.05) is 0 Å². The highest BCUT2D eigenvalue weighted by atomic mass is 16.8. The number of aliphatic hydroxyl groups is 7. The molecule has 0 aromatic carbocycles. The summed E-state index contributed by atoms with van der Waals surface area (Å²) in [4.78, 5) is 34.5. The van der Waals surface area contributed by atoms with Gasteiger partial charge < -0.3 is 79.5 Å². The summed E-state index contributed by atoms with van der Waals surface area (Å²) in [7, 11) is 0. The van der Waals surface area contributed by atoms with Crippen LogP contribution in [0.15, 0.2) is 0 Å². The van der Waals surface area contributed by atoms with E-state index in [-0.39, 0.29) is 0 Å². The molecule has 13 atom stereocenters. The van der Waals surface area contributed by atoms with Crippen LogP contribution in [0.3, 0.4) is 0 Å². The number of aliphatic hydroxyl groups excluding tert-OH is 7. The lowest BCUT2D eigenvalue weighted by Gasteiger charge is -2.32. The average molecular weight is 602 g/mol. The molecule has 0 aromatic rings. The molecule has 19 heteroatoms. The zero-order valence-corrected chi connectivity index (χ0v) is 21.3. The van der Waals surface area contributed by atoms with Gasteiger partial charge in [0.15, 0.2) is 24.5 Å². The van der Waals surface area contributed by atoms with Crippen molar-refractivity contribution in [3.05, 3.63) is 0 Å². The second kappa shape index (κ2) is 13.9. The van der Waals surface area contributed by atoms with Gasteiger partial charge in [-0.2, -0.15) is 0 Å². The van der Waals surface area contributed by atoms with Gasteiger partial charge >= 0.3 is 17.9 Å². The average Bonchev–Trinajstić information content (AvgIpc) is 3.48. The van der Waals surface area contributed by atoms with Crippen LogP contribution in [0.5, 0.6) is 0 Å². The number of aliphatic carboxylic acids is 3. The minimum Gasteiger partial charge on any atom is -0.481 e. The molecule has 3 heterocycles. The first-order chi connectivity index (χ1) is 19.3. The Morgan fingerprint density at radius 1 is 0.634 bits per heavy atom. The van der Waals surface area contributed by atoms with Gasteiger partial charge in [0, 0.05) is 6.42 Å². The summed E-state index contributed by atoms with van der Waals surface area (Å²) >= 11 is 0. The second-order valence-corrected chi connectivity index (χ2v) is 9.72. The quantitative estimate of drug-likeness (QED) is 0.0835. The fourth-order valence-corrected chi connectivity index (χ4v) is 4.71. The van der Waals surface area contributed by atoms with Crippen LogP contribution in [0, 0.1) is 0 Å². The number of ether oxygens (including phenoxy) is 6. The van der Waals surface area contributed by atoms with Crippen molar-refractivity contribution >= 4 is 17.9 Å². The summed E-state index contributed by atoms with van der Waals surface area (Å²) in [5.41, 5.74) is -2.67. The van der Waals surface area contributed by atoms with Crippen molar-refractivity contribution in [3.63, 3.8) is 0 Å². The molecule has 3 aliphatic rings. The minimum absolute atomic E-state index is 0.682. The summed E-state index contributed by atoms with van der Waals surface area (Å²) in [6, 6.07) is 0. The maximum atomic E-state index is 12.0. The van der Waals surface area contributed by atoms with Gasteiger partial charge in [0.2, 0.25) is 0 Å². The van der Waals surface area contributed by atoms with Crippen molar-refractivity contribution in [2.75, 3.05) is 19.8 Å². The molecule has 0 spiro atoms. The molecule has 19 nitrogen and oxygen atoms in total. The fraction of sp³-hybridized carbons (Fsp3) is 0.864. The maximum absolute atomic E-state index is 12.0. The molecule has 41 heavy (non-hydrogen) atoms. The number of carbonyl (C=O) groups is 3. The Hall–Kier alpha value is -2.11. The molecule has 236 valence electrons. The van der Waals surface area contributed by atoms with E-state index in [9.17, 15) is 60.3 Å². The van der Waals surface area contributed by atoms with Gasteiger partial charge in [-0.3, -0.25) is 9.59 Å². The molecular weight excluding hydrogens is 568 g/mol. The van der Waals surface area contributed by atoms with Crippen LogP contribution in [0.25, 0.3) is 0 Å². The summed E-state index contributed by atoms with van der Waals surface area (Å²) in [6.45, 7) is -2.30. The minimum atomic E-state index is -2.67. The Bertz CT molecular complexity index is 917. The Morgan fingerprint density at radius 2 is 1.17 bits per heavy atom. The van der Waals surface area contributed by atoms with E-state index >= 15 is 0 Å². The van der Waals surface area contributed by atoms with Gasteiger partial charge in [-0.05, 0) is 6.42 Å². The summed E-state index contributed by atoms with van der Waals surface area (Å²) in [5, 5.41) is 98.3. The van der Waals surface area contributed by atoms with Crippen molar-refractivity contribution in [1.29, 1.82) is 0 Å². The van der Waals surface area contributed by atoms with E-state index in [0.717, 1.165) is 0 Å². The first-order valence-corrected chi connectivity index (χ1v) is 12.5. The van der Waals surface area contributed by atoms with Crippen LogP contribution in [0.2, 0.25) is 0 Å². The van der Waals surface area contributed by atoms with Crippen LogP contribution < -0.4 is 0 Å². The first-order valence-electron chi connectivity index (χ1n) is 12.5. The van der Waals surface area contributed by atoms with Crippen molar-refractivity contribution in [2.24, 2.45) is 0 Å². The molecule has 3 rings (SSSR count). The predicted octanol–water partition coefficient (Wildman–Crippen LogP) is -5.47. The highest BCUT2D eigenvalue weighted by molar-refractivity contribution is 5.84. The summed E-state index contributed by atoms with van der Waals surface area (Å²) in [6.07, 6.45) is -22.1. The standard InChI is InChI=1S/C22H34O19/c23-4-7-12(30)14(32)18(36-7)40-17-13(31)8(5-24)37-20(17)39-16-9(6-25)38-19(15(16)33)41-22(21(34)35,3-11(28)29)2-1-10(26)27/h7-9,12-20,23-25,30-33H,1-6H2,(H,26,27)(H,28,29)(H,34,35)/t7-,8-,9-,12-,13-,14+,15+,16-,17+,18-,19-,20-,22-/m1/s1. The van der Waals surface area contributed by atoms with Crippen LogP contribution >= 0.6 is 0 Å². The highest BCUT2D eigenvalue weighted by Gasteiger charge is 2.56. The number of carboxylic acid groups (broad SMARTS) is 3. The number of rotatable bonds is 15. The third-order valence-electron chi connectivity index (χ3n) is 6.94. The molecule has 10 N–H and O–H groups in total. The van der Waals surface area contributed by atoms with E-state index in [1.165, 1.54) is 0 Å². The Balaban J connectivity index is 1.80. The topological polar surface area (TPSA) is 309 Å². The van der Waals surface area contributed by atoms with E-state index in [1.807, 2.05) is 0 Å². The molecule has 3 aliphatic heterocycles. The first kappa shape index (κ1) is 33.4. The molecule has 0 radical (unpaired) electrons. The van der Waals surface area contributed by atoms with Crippen LogP contribution in [-0.4, -0.2) is 168 Å². The largest absolute Gasteiger partial charge is 0.481 e. The van der Waals surface area contributed by atoms with Crippen LogP contribution in [-0.2, 0) is 42.8 Å². The lowest BCUT2D eigenvalue weighted by Crippen LogP contribution is -2.50. The number of carboxylic acids is 3. The molecule has 0 aromatic heterocycles. The summed E-state index contributed by atoms with van der Waals surface area (Å²) in [5.74, 6) is -4.98. The van der Waals surface area contributed by atoms with E-state index in [0.29, 0.717) is 0 Å². The Labute approximate surface area is 230 Å². The Morgan fingerprint density at radius 3 is 1.68 bits per heavy atom. The predicted molar refractivity (Wildman–Crippen MR) is 122 cm³/mol. The van der Waals surface area contributed by atoms with Crippen molar-refractivity contribution < 1.29 is 93.9 Å². The third-order valence-corrected chi connectivity index (χ3v) is 6.94. The molecule has 0 aliphatic carbocycles. The van der Waals surface area contributed by atoms with E-state index in [2.05, 4.69) is 0 Å². The van der Waals surface area contributed by atoms with Gasteiger partial charge in [0.05, 0.1) is 26.2 Å². The normalized spacial score (nSPS) is 40.5. The smallest absolute Gasteiger partial charge is 0.336 e. The molecule has 0 unspecified atom stereocenters. The highest BCUT2D eigenvalue weighted by Crippen LogP contribution is 2.36. The van der Waals surface area contributed by atoms with Gasteiger partial charge in [-0.15, -0.1) is 0 Å². The molecule has 0 saturated carbocycles. The molecule has 0 amide bonds. The number of hydrogen-bond acceptors (Lipinski definition) is 16. The van der Waals surface area contributed by atoms with E-state index in [1.54, 1.807) is 0 Å². The number of hydrogen-bond donors (Lipinski definition) is 10. The SMILES string of the molecule is O=C(O)CC[C@](CC(=O)O)(O[C@H]1O[C@H](CO)[C@@H](O[C@H]2O[C@H](CO)[C@@H](O)[C@@H]2O[C@H]2O[C@H](CO)[C@@H](O)[C@@H]2O)[C@@H]1O)C(=O)O. The summed E-state index contributed by atoms with van der Waals surface area (Å²) < 4.78 is 32.6.